The lowest BCUT2D eigenvalue weighted by molar-refractivity contribution is -0.140. The van der Waals surface area contributed by atoms with Crippen LogP contribution in [0.5, 0.6) is 0 Å². The van der Waals surface area contributed by atoms with Crippen molar-refractivity contribution in [3.05, 3.63) is 0 Å². The summed E-state index contributed by atoms with van der Waals surface area (Å²) in [7, 11) is 0. The largest absolute Gasteiger partial charge is 0.480 e. The van der Waals surface area contributed by atoms with Crippen molar-refractivity contribution < 1.29 is 9.90 Å². The van der Waals surface area contributed by atoms with E-state index in [1.54, 1.807) is 0 Å². The van der Waals surface area contributed by atoms with Gasteiger partial charge in [0.15, 0.2) is 0 Å². The van der Waals surface area contributed by atoms with Crippen LogP contribution in [0.1, 0.15) is 51.9 Å². The molecule has 0 aromatic rings. The molecule has 0 bridgehead atoms. The van der Waals surface area contributed by atoms with Gasteiger partial charge in [-0.2, -0.15) is 0 Å². The van der Waals surface area contributed by atoms with Gasteiger partial charge in [-0.1, -0.05) is 26.2 Å². The van der Waals surface area contributed by atoms with Gasteiger partial charge >= 0.3 is 5.97 Å². The molecule has 1 aliphatic carbocycles. The standard InChI is InChI=1S/C14H25NO2/c1-2-10-3-5-11(6-4-10)12-7-8-13(14(16)17)15-9-12/h10-13,15H,2-9H2,1H3,(H,16,17). The van der Waals surface area contributed by atoms with Crippen molar-refractivity contribution in [3.63, 3.8) is 0 Å². The van der Waals surface area contributed by atoms with Crippen molar-refractivity contribution in [1.82, 2.24) is 5.32 Å². The van der Waals surface area contributed by atoms with E-state index in [-0.39, 0.29) is 6.04 Å². The van der Waals surface area contributed by atoms with Crippen molar-refractivity contribution in [2.24, 2.45) is 17.8 Å². The van der Waals surface area contributed by atoms with Crippen LogP contribution in [-0.2, 0) is 4.79 Å². The van der Waals surface area contributed by atoms with Gasteiger partial charge in [0.25, 0.3) is 0 Å². The number of carboxylic acids is 1. The Morgan fingerprint density at radius 1 is 1.12 bits per heavy atom. The summed E-state index contributed by atoms with van der Waals surface area (Å²) >= 11 is 0. The molecule has 1 heterocycles. The molecule has 0 aromatic carbocycles. The van der Waals surface area contributed by atoms with Crippen LogP contribution in [0.25, 0.3) is 0 Å². The van der Waals surface area contributed by atoms with E-state index in [9.17, 15) is 4.79 Å². The highest BCUT2D eigenvalue weighted by molar-refractivity contribution is 5.73. The summed E-state index contributed by atoms with van der Waals surface area (Å²) in [6.07, 6.45) is 8.75. The van der Waals surface area contributed by atoms with Crippen LogP contribution >= 0.6 is 0 Å². The molecule has 0 amide bonds. The molecule has 1 saturated heterocycles. The topological polar surface area (TPSA) is 49.3 Å². The molecule has 2 atom stereocenters. The van der Waals surface area contributed by atoms with Gasteiger partial charge in [-0.15, -0.1) is 0 Å². The third-order valence-electron chi connectivity index (χ3n) is 4.89. The maximum atomic E-state index is 10.9. The molecule has 3 nitrogen and oxygen atoms in total. The fourth-order valence-corrected chi connectivity index (χ4v) is 3.56. The van der Waals surface area contributed by atoms with Crippen LogP contribution in [-0.4, -0.2) is 23.7 Å². The van der Waals surface area contributed by atoms with E-state index >= 15 is 0 Å². The summed E-state index contributed by atoms with van der Waals surface area (Å²) in [5.74, 6) is 1.84. The fraction of sp³-hybridized carbons (Fsp3) is 0.929. The number of carbonyl (C=O) groups is 1. The zero-order chi connectivity index (χ0) is 12.3. The Balaban J connectivity index is 1.76. The van der Waals surface area contributed by atoms with Gasteiger partial charge < -0.3 is 10.4 Å². The van der Waals surface area contributed by atoms with Gasteiger partial charge in [0.1, 0.15) is 6.04 Å². The summed E-state index contributed by atoms with van der Waals surface area (Å²) in [6, 6.07) is -0.293. The molecule has 0 aromatic heterocycles. The monoisotopic (exact) mass is 239 g/mol. The second kappa shape index (κ2) is 5.85. The number of piperidine rings is 1. The molecule has 0 spiro atoms. The lowest BCUT2D eigenvalue weighted by atomic mass is 9.72. The SMILES string of the molecule is CCC1CCC(C2CCC(C(=O)O)NC2)CC1. The fourth-order valence-electron chi connectivity index (χ4n) is 3.56. The highest BCUT2D eigenvalue weighted by Crippen LogP contribution is 2.37. The van der Waals surface area contributed by atoms with E-state index in [0.29, 0.717) is 0 Å². The zero-order valence-electron chi connectivity index (χ0n) is 10.8. The van der Waals surface area contributed by atoms with E-state index in [1.807, 2.05) is 0 Å². The second-order valence-corrected chi connectivity index (χ2v) is 5.83. The highest BCUT2D eigenvalue weighted by Gasteiger charge is 2.32. The average Bonchev–Trinajstić information content (AvgIpc) is 2.39. The third kappa shape index (κ3) is 3.21. The number of aliphatic carboxylic acids is 1. The minimum absolute atomic E-state index is 0.293. The Morgan fingerprint density at radius 2 is 1.76 bits per heavy atom. The molecule has 1 saturated carbocycles. The minimum atomic E-state index is -0.682. The van der Waals surface area contributed by atoms with Crippen molar-refractivity contribution in [2.45, 2.75) is 57.9 Å². The van der Waals surface area contributed by atoms with Crippen molar-refractivity contribution in [1.29, 1.82) is 0 Å². The van der Waals surface area contributed by atoms with Crippen molar-refractivity contribution in [3.8, 4) is 0 Å². The first kappa shape index (κ1) is 12.9. The Bertz CT molecular complexity index is 251. The first-order valence-corrected chi connectivity index (χ1v) is 7.17. The Morgan fingerprint density at radius 3 is 2.24 bits per heavy atom. The predicted octanol–water partition coefficient (Wildman–Crippen LogP) is 2.66. The maximum absolute atomic E-state index is 10.9. The maximum Gasteiger partial charge on any atom is 0.320 e. The first-order chi connectivity index (χ1) is 8.20. The number of carboxylic acid groups (broad SMARTS) is 1. The van der Waals surface area contributed by atoms with Gasteiger partial charge in [0.2, 0.25) is 0 Å². The molecule has 0 radical (unpaired) electrons. The van der Waals surface area contributed by atoms with Gasteiger partial charge in [0, 0.05) is 0 Å². The van der Waals surface area contributed by atoms with Crippen LogP contribution < -0.4 is 5.32 Å². The number of rotatable bonds is 3. The van der Waals surface area contributed by atoms with E-state index in [0.717, 1.165) is 37.1 Å². The smallest absolute Gasteiger partial charge is 0.320 e. The zero-order valence-corrected chi connectivity index (χ0v) is 10.8. The van der Waals surface area contributed by atoms with E-state index in [2.05, 4.69) is 12.2 Å². The van der Waals surface area contributed by atoms with E-state index in [1.165, 1.54) is 32.1 Å². The molecule has 98 valence electrons. The first-order valence-electron chi connectivity index (χ1n) is 7.17. The Labute approximate surface area is 104 Å². The Kier molecular flexibility index (Phi) is 4.43. The van der Waals surface area contributed by atoms with Crippen LogP contribution in [0.2, 0.25) is 0 Å². The van der Waals surface area contributed by atoms with Crippen LogP contribution in [0.15, 0.2) is 0 Å². The summed E-state index contributed by atoms with van der Waals surface area (Å²) in [5, 5.41) is 12.1. The summed E-state index contributed by atoms with van der Waals surface area (Å²) in [6.45, 7) is 3.21. The molecule has 2 fully saturated rings. The molecule has 2 N–H and O–H groups in total. The molecule has 2 rings (SSSR count). The normalized spacial score (nSPS) is 38.9. The van der Waals surface area contributed by atoms with Gasteiger partial charge in [-0.3, -0.25) is 4.79 Å². The second-order valence-electron chi connectivity index (χ2n) is 5.83. The number of hydrogen-bond donors (Lipinski definition) is 2. The van der Waals surface area contributed by atoms with Crippen molar-refractivity contribution >= 4 is 5.97 Å². The summed E-state index contributed by atoms with van der Waals surface area (Å²) < 4.78 is 0. The van der Waals surface area contributed by atoms with Crippen LogP contribution in [0.4, 0.5) is 0 Å². The van der Waals surface area contributed by atoms with E-state index in [4.69, 9.17) is 5.11 Å². The lowest BCUT2D eigenvalue weighted by Gasteiger charge is -2.37. The number of hydrogen-bond acceptors (Lipinski definition) is 2. The minimum Gasteiger partial charge on any atom is -0.480 e. The van der Waals surface area contributed by atoms with Gasteiger partial charge in [-0.25, -0.2) is 0 Å². The van der Waals surface area contributed by atoms with Gasteiger partial charge in [-0.05, 0) is 50.0 Å². The van der Waals surface area contributed by atoms with Crippen LogP contribution in [0.3, 0.4) is 0 Å². The summed E-state index contributed by atoms with van der Waals surface area (Å²) in [4.78, 5) is 10.9. The predicted molar refractivity (Wildman–Crippen MR) is 67.9 cm³/mol. The van der Waals surface area contributed by atoms with E-state index < -0.39 is 5.97 Å². The Hall–Kier alpha value is -0.570. The van der Waals surface area contributed by atoms with Gasteiger partial charge in [0.05, 0.1) is 0 Å². The number of nitrogens with one attached hydrogen (secondary N) is 1. The molecule has 1 aliphatic heterocycles. The van der Waals surface area contributed by atoms with Crippen molar-refractivity contribution in [2.75, 3.05) is 6.54 Å². The molecular formula is C14H25NO2. The third-order valence-corrected chi connectivity index (χ3v) is 4.89. The average molecular weight is 239 g/mol. The molecule has 2 unspecified atom stereocenters. The summed E-state index contributed by atoms with van der Waals surface area (Å²) in [5.41, 5.74) is 0. The molecule has 17 heavy (non-hydrogen) atoms. The molecule has 3 heteroatoms. The lowest BCUT2D eigenvalue weighted by Crippen LogP contribution is -2.46. The molecular weight excluding hydrogens is 214 g/mol. The van der Waals surface area contributed by atoms with Crippen LogP contribution in [0, 0.1) is 17.8 Å². The molecule has 2 aliphatic rings. The highest BCUT2D eigenvalue weighted by atomic mass is 16.4. The quantitative estimate of drug-likeness (QED) is 0.796.